The van der Waals surface area contributed by atoms with E-state index in [9.17, 15) is 4.79 Å². The molecule has 164 valence electrons. The van der Waals surface area contributed by atoms with E-state index in [2.05, 4.69) is 9.97 Å². The van der Waals surface area contributed by atoms with Gasteiger partial charge in [0.25, 0.3) is 5.56 Å². The summed E-state index contributed by atoms with van der Waals surface area (Å²) in [5.74, 6) is 0.706. The van der Waals surface area contributed by atoms with Crippen molar-refractivity contribution in [3.8, 4) is 22.6 Å². The Hall–Kier alpha value is -2.74. The molecule has 0 N–H and O–H groups in total. The zero-order chi connectivity index (χ0) is 22.8. The topological polar surface area (TPSA) is 66.2 Å². The molecule has 0 saturated heterocycles. The van der Waals surface area contributed by atoms with Gasteiger partial charge in [0, 0.05) is 23.2 Å². The molecule has 4 aromatic rings. The minimum atomic E-state index is -0.286. The number of aromatic nitrogens is 3. The lowest BCUT2D eigenvalue weighted by atomic mass is 10.0. The molecule has 0 unspecified atom stereocenters. The fourth-order valence-corrected chi connectivity index (χ4v) is 4.50. The van der Waals surface area contributed by atoms with Crippen molar-refractivity contribution in [2.45, 2.75) is 11.7 Å². The predicted octanol–water partition coefficient (Wildman–Crippen LogP) is 5.55. The second kappa shape index (κ2) is 9.40. The Labute approximate surface area is 199 Å². The lowest BCUT2D eigenvalue weighted by Gasteiger charge is -2.17. The van der Waals surface area contributed by atoms with Crippen molar-refractivity contribution in [3.05, 3.63) is 74.6 Å². The maximum atomic E-state index is 13.8. The molecule has 2 heterocycles. The Balaban J connectivity index is 2.06. The number of ether oxygens (including phenoxy) is 2. The average molecular weight is 488 g/mol. The van der Waals surface area contributed by atoms with Crippen molar-refractivity contribution in [1.29, 1.82) is 0 Å². The van der Waals surface area contributed by atoms with Gasteiger partial charge in [-0.25, -0.2) is 9.97 Å². The third-order valence-corrected chi connectivity index (χ3v) is 6.33. The van der Waals surface area contributed by atoms with E-state index in [-0.39, 0.29) is 15.6 Å². The highest BCUT2D eigenvalue weighted by Gasteiger charge is 2.23. The van der Waals surface area contributed by atoms with E-state index in [0.717, 1.165) is 5.56 Å². The SMILES string of the molecule is COc1cc(OC)c(Cl)c(-c2cc3cnc(SC)nc3n(Cc3ccccc3)c2=O)c1Cl. The summed E-state index contributed by atoms with van der Waals surface area (Å²) in [6, 6.07) is 13.0. The lowest BCUT2D eigenvalue weighted by Crippen LogP contribution is -2.24. The third kappa shape index (κ3) is 4.03. The van der Waals surface area contributed by atoms with Crippen LogP contribution in [0.1, 0.15) is 5.56 Å². The zero-order valence-corrected chi connectivity index (χ0v) is 19.9. The van der Waals surface area contributed by atoms with Gasteiger partial charge in [0.2, 0.25) is 0 Å². The van der Waals surface area contributed by atoms with Crippen molar-refractivity contribution in [3.63, 3.8) is 0 Å². The van der Waals surface area contributed by atoms with E-state index in [1.807, 2.05) is 36.6 Å². The molecule has 9 heteroatoms. The normalized spacial score (nSPS) is 11.0. The number of halogens is 2. The standard InChI is InChI=1S/C23H19Cl2N3O3S/c1-30-16-10-17(31-2)20(25)18(19(16)24)15-9-14-11-26-23(32-3)27-21(14)28(22(15)29)12-13-7-5-4-6-8-13/h4-11H,12H2,1-3H3. The molecule has 0 radical (unpaired) electrons. The van der Waals surface area contributed by atoms with E-state index < -0.39 is 0 Å². The van der Waals surface area contributed by atoms with Gasteiger partial charge in [-0.1, -0.05) is 65.3 Å². The second-order valence-corrected chi connectivity index (χ2v) is 8.38. The Morgan fingerprint density at radius 2 is 1.69 bits per heavy atom. The van der Waals surface area contributed by atoms with Gasteiger partial charge < -0.3 is 9.47 Å². The van der Waals surface area contributed by atoms with Crippen LogP contribution in [-0.4, -0.2) is 35.0 Å². The number of pyridine rings is 1. The molecule has 0 amide bonds. The Kier molecular flexibility index (Phi) is 6.60. The number of hydrogen-bond donors (Lipinski definition) is 0. The second-order valence-electron chi connectivity index (χ2n) is 6.85. The van der Waals surface area contributed by atoms with Crippen LogP contribution in [-0.2, 0) is 6.54 Å². The minimum absolute atomic E-state index is 0.225. The van der Waals surface area contributed by atoms with Crippen LogP contribution in [0.3, 0.4) is 0 Å². The van der Waals surface area contributed by atoms with Gasteiger partial charge in [0.1, 0.15) is 17.1 Å². The number of benzene rings is 2. The molecule has 6 nitrogen and oxygen atoms in total. The average Bonchev–Trinajstić information content (AvgIpc) is 2.82. The Bertz CT molecular complexity index is 1330. The number of thioether (sulfide) groups is 1. The first-order chi connectivity index (χ1) is 15.5. The Morgan fingerprint density at radius 1 is 1.03 bits per heavy atom. The molecule has 0 aliphatic carbocycles. The van der Waals surface area contributed by atoms with Gasteiger partial charge in [0.15, 0.2) is 5.16 Å². The molecule has 0 aliphatic heterocycles. The maximum Gasteiger partial charge on any atom is 0.260 e. The summed E-state index contributed by atoms with van der Waals surface area (Å²) in [6.07, 6.45) is 3.58. The summed E-state index contributed by atoms with van der Waals surface area (Å²) in [7, 11) is 2.98. The van der Waals surface area contributed by atoms with Gasteiger partial charge in [-0.15, -0.1) is 0 Å². The van der Waals surface area contributed by atoms with Crippen LogP contribution in [0.15, 0.2) is 58.6 Å². The molecule has 0 spiro atoms. The van der Waals surface area contributed by atoms with E-state index in [1.165, 1.54) is 26.0 Å². The summed E-state index contributed by atoms with van der Waals surface area (Å²) in [5, 5.41) is 1.71. The van der Waals surface area contributed by atoms with E-state index in [0.29, 0.717) is 45.4 Å². The van der Waals surface area contributed by atoms with Crippen molar-refractivity contribution >= 4 is 46.0 Å². The first-order valence-corrected chi connectivity index (χ1v) is 11.5. The molecular formula is C23H19Cl2N3O3S. The summed E-state index contributed by atoms with van der Waals surface area (Å²) < 4.78 is 12.4. The van der Waals surface area contributed by atoms with Gasteiger partial charge in [-0.3, -0.25) is 9.36 Å². The van der Waals surface area contributed by atoms with E-state index >= 15 is 0 Å². The maximum absolute atomic E-state index is 13.8. The fourth-order valence-electron chi connectivity index (χ4n) is 3.46. The largest absolute Gasteiger partial charge is 0.495 e. The smallest absolute Gasteiger partial charge is 0.260 e. The molecule has 0 atom stereocenters. The third-order valence-electron chi connectivity index (χ3n) is 5.01. The molecule has 32 heavy (non-hydrogen) atoms. The molecule has 0 fully saturated rings. The Morgan fingerprint density at radius 3 is 2.28 bits per heavy atom. The van der Waals surface area contributed by atoms with Crippen LogP contribution in [0, 0.1) is 0 Å². The van der Waals surface area contributed by atoms with Crippen molar-refractivity contribution in [2.24, 2.45) is 0 Å². The molecule has 2 aromatic heterocycles. The summed E-state index contributed by atoms with van der Waals surface area (Å²) >= 11 is 14.6. The van der Waals surface area contributed by atoms with Crippen LogP contribution in [0.5, 0.6) is 11.5 Å². The summed E-state index contributed by atoms with van der Waals surface area (Å²) in [6.45, 7) is 0.325. The minimum Gasteiger partial charge on any atom is -0.495 e. The highest BCUT2D eigenvalue weighted by molar-refractivity contribution is 7.98. The molecule has 0 saturated carbocycles. The molecular weight excluding hydrogens is 469 g/mol. The fraction of sp³-hybridized carbons (Fsp3) is 0.174. The van der Waals surface area contributed by atoms with Gasteiger partial charge in [-0.2, -0.15) is 0 Å². The van der Waals surface area contributed by atoms with Crippen LogP contribution < -0.4 is 15.0 Å². The van der Waals surface area contributed by atoms with Crippen molar-refractivity contribution < 1.29 is 9.47 Å². The molecule has 0 bridgehead atoms. The molecule has 0 aliphatic rings. The van der Waals surface area contributed by atoms with Crippen LogP contribution in [0.2, 0.25) is 10.0 Å². The summed E-state index contributed by atoms with van der Waals surface area (Å²) in [4.78, 5) is 22.8. The van der Waals surface area contributed by atoms with Crippen molar-refractivity contribution in [2.75, 3.05) is 20.5 Å². The highest BCUT2D eigenvalue weighted by Crippen LogP contribution is 2.45. The quantitative estimate of drug-likeness (QED) is 0.262. The predicted molar refractivity (Wildman–Crippen MR) is 130 cm³/mol. The number of hydrogen-bond acceptors (Lipinski definition) is 6. The van der Waals surface area contributed by atoms with Crippen molar-refractivity contribution in [1.82, 2.24) is 14.5 Å². The zero-order valence-electron chi connectivity index (χ0n) is 17.6. The van der Waals surface area contributed by atoms with Gasteiger partial charge >= 0.3 is 0 Å². The van der Waals surface area contributed by atoms with Crippen LogP contribution >= 0.6 is 35.0 Å². The van der Waals surface area contributed by atoms with Gasteiger partial charge in [-0.05, 0) is 17.9 Å². The molecule has 2 aromatic carbocycles. The van der Waals surface area contributed by atoms with Crippen LogP contribution in [0.4, 0.5) is 0 Å². The van der Waals surface area contributed by atoms with E-state index in [1.54, 1.807) is 22.9 Å². The molecule has 4 rings (SSSR count). The first kappa shape index (κ1) is 22.5. The van der Waals surface area contributed by atoms with Crippen LogP contribution in [0.25, 0.3) is 22.2 Å². The lowest BCUT2D eigenvalue weighted by molar-refractivity contribution is 0.395. The number of nitrogens with zero attached hydrogens (tertiary/aromatic N) is 3. The highest BCUT2D eigenvalue weighted by atomic mass is 35.5. The first-order valence-electron chi connectivity index (χ1n) is 9.57. The number of methoxy groups -OCH3 is 2. The summed E-state index contributed by atoms with van der Waals surface area (Å²) in [5.41, 5.74) is 1.85. The van der Waals surface area contributed by atoms with Gasteiger partial charge in [0.05, 0.1) is 36.4 Å². The van der Waals surface area contributed by atoms with E-state index in [4.69, 9.17) is 32.7 Å². The number of rotatable bonds is 6. The monoisotopic (exact) mass is 487 g/mol. The number of fused-ring (bicyclic) bond motifs is 1.